The molecular formula is C24H22O4. The summed E-state index contributed by atoms with van der Waals surface area (Å²) in [5.74, 6) is 1.46. The third-order valence-electron chi connectivity index (χ3n) is 4.20. The van der Waals surface area contributed by atoms with Crippen LogP contribution in [0.25, 0.3) is 6.08 Å². The summed E-state index contributed by atoms with van der Waals surface area (Å²) in [6.07, 6.45) is 1.77. The Morgan fingerprint density at radius 3 is 2.21 bits per heavy atom. The van der Waals surface area contributed by atoms with E-state index >= 15 is 0 Å². The summed E-state index contributed by atoms with van der Waals surface area (Å²) in [4.78, 5) is 12.2. The number of hydrogen-bond donors (Lipinski definition) is 0. The highest BCUT2D eigenvalue weighted by atomic mass is 16.7. The minimum atomic E-state index is -0.389. The van der Waals surface area contributed by atoms with Crippen molar-refractivity contribution >= 4 is 12.0 Å². The molecule has 0 spiro atoms. The highest BCUT2D eigenvalue weighted by Gasteiger charge is 2.10. The summed E-state index contributed by atoms with van der Waals surface area (Å²) in [5, 5.41) is 0. The summed E-state index contributed by atoms with van der Waals surface area (Å²) in [6.45, 7) is 7.66. The number of benzene rings is 3. The number of esters is 1. The van der Waals surface area contributed by atoms with Gasteiger partial charge in [0.2, 0.25) is 6.79 Å². The van der Waals surface area contributed by atoms with E-state index in [1.54, 1.807) is 36.4 Å². The second-order valence-corrected chi connectivity index (χ2v) is 6.36. The van der Waals surface area contributed by atoms with Crippen molar-refractivity contribution in [2.45, 2.75) is 13.8 Å². The van der Waals surface area contributed by atoms with Gasteiger partial charge in [-0.15, -0.1) is 0 Å². The average Bonchev–Trinajstić information content (AvgIpc) is 2.70. The number of carbonyl (C=O) groups is 1. The maximum atomic E-state index is 12.2. The van der Waals surface area contributed by atoms with Crippen molar-refractivity contribution in [1.82, 2.24) is 0 Å². The first-order valence-electron chi connectivity index (χ1n) is 8.93. The lowest BCUT2D eigenvalue weighted by Gasteiger charge is -2.12. The van der Waals surface area contributed by atoms with Crippen molar-refractivity contribution < 1.29 is 19.0 Å². The van der Waals surface area contributed by atoms with Crippen LogP contribution in [0.15, 0.2) is 73.3 Å². The molecule has 28 heavy (non-hydrogen) atoms. The van der Waals surface area contributed by atoms with Gasteiger partial charge in [0.25, 0.3) is 0 Å². The first-order chi connectivity index (χ1) is 13.5. The maximum Gasteiger partial charge on any atom is 0.343 e. The molecule has 3 rings (SSSR count). The van der Waals surface area contributed by atoms with E-state index < -0.39 is 0 Å². The number of hydrogen-bond acceptors (Lipinski definition) is 4. The molecule has 0 atom stereocenters. The summed E-state index contributed by atoms with van der Waals surface area (Å²) >= 11 is 0. The van der Waals surface area contributed by atoms with Gasteiger partial charge in [-0.25, -0.2) is 4.79 Å². The summed E-state index contributed by atoms with van der Waals surface area (Å²) in [6, 6.07) is 20.1. The number of carbonyl (C=O) groups excluding carboxylic acids is 1. The molecule has 0 heterocycles. The molecular weight excluding hydrogens is 352 g/mol. The van der Waals surface area contributed by atoms with Crippen molar-refractivity contribution in [2.24, 2.45) is 0 Å². The summed E-state index contributed by atoms with van der Waals surface area (Å²) < 4.78 is 16.7. The van der Waals surface area contributed by atoms with Gasteiger partial charge in [0.15, 0.2) is 0 Å². The number of ether oxygens (including phenoxy) is 3. The van der Waals surface area contributed by atoms with Crippen LogP contribution in [0.5, 0.6) is 17.2 Å². The van der Waals surface area contributed by atoms with Gasteiger partial charge in [-0.1, -0.05) is 42.5 Å². The fourth-order valence-electron chi connectivity index (χ4n) is 2.56. The number of rotatable bonds is 7. The topological polar surface area (TPSA) is 44.8 Å². The molecule has 4 nitrogen and oxygen atoms in total. The van der Waals surface area contributed by atoms with E-state index in [0.717, 1.165) is 16.7 Å². The lowest BCUT2D eigenvalue weighted by atomic mass is 10.1. The second kappa shape index (κ2) is 8.91. The molecule has 0 radical (unpaired) electrons. The lowest BCUT2D eigenvalue weighted by molar-refractivity contribution is 0.0734. The smallest absolute Gasteiger partial charge is 0.343 e. The molecule has 3 aromatic rings. The van der Waals surface area contributed by atoms with Crippen LogP contribution in [-0.4, -0.2) is 12.8 Å². The fraction of sp³-hybridized carbons (Fsp3) is 0.125. The van der Waals surface area contributed by atoms with E-state index in [-0.39, 0.29) is 12.8 Å². The monoisotopic (exact) mass is 374 g/mol. The van der Waals surface area contributed by atoms with Crippen LogP contribution < -0.4 is 14.2 Å². The lowest BCUT2D eigenvalue weighted by Crippen LogP contribution is -2.09. The van der Waals surface area contributed by atoms with Crippen LogP contribution in [0.4, 0.5) is 0 Å². The molecule has 0 aliphatic rings. The zero-order chi connectivity index (χ0) is 19.9. The highest BCUT2D eigenvalue weighted by molar-refractivity contribution is 5.91. The molecule has 0 aliphatic heterocycles. The van der Waals surface area contributed by atoms with Gasteiger partial charge in [-0.05, 0) is 67.4 Å². The van der Waals surface area contributed by atoms with Crippen molar-refractivity contribution in [1.29, 1.82) is 0 Å². The molecule has 0 bridgehead atoms. The molecule has 142 valence electrons. The Kier molecular flexibility index (Phi) is 6.12. The third kappa shape index (κ3) is 5.01. The highest BCUT2D eigenvalue weighted by Crippen LogP contribution is 2.24. The first-order valence-corrected chi connectivity index (χ1v) is 8.93. The van der Waals surface area contributed by atoms with Gasteiger partial charge in [-0.3, -0.25) is 0 Å². The van der Waals surface area contributed by atoms with Crippen LogP contribution in [0, 0.1) is 13.8 Å². The van der Waals surface area contributed by atoms with Gasteiger partial charge < -0.3 is 14.2 Å². The SMILES string of the molecule is C=Cc1ccc(OCOc2ccc(OC(=O)c3ccc(C)cc3)cc2C)cc1. The predicted molar refractivity (Wildman–Crippen MR) is 110 cm³/mol. The molecule has 0 fully saturated rings. The molecule has 0 aromatic heterocycles. The zero-order valence-corrected chi connectivity index (χ0v) is 16.0. The molecule has 3 aromatic carbocycles. The van der Waals surface area contributed by atoms with E-state index in [9.17, 15) is 4.79 Å². The standard InChI is InChI=1S/C24H22O4/c1-4-19-7-11-21(12-8-19)26-16-27-23-14-13-22(15-18(23)3)28-24(25)20-9-5-17(2)6-10-20/h4-15H,1,16H2,2-3H3. The maximum absolute atomic E-state index is 12.2. The minimum Gasteiger partial charge on any atom is -0.458 e. The molecule has 0 saturated carbocycles. The van der Waals surface area contributed by atoms with Gasteiger partial charge in [-0.2, -0.15) is 0 Å². The van der Waals surface area contributed by atoms with Crippen LogP contribution in [0.2, 0.25) is 0 Å². The van der Waals surface area contributed by atoms with Crippen LogP contribution in [-0.2, 0) is 0 Å². The fourth-order valence-corrected chi connectivity index (χ4v) is 2.56. The van der Waals surface area contributed by atoms with Crippen molar-refractivity contribution in [2.75, 3.05) is 6.79 Å². The van der Waals surface area contributed by atoms with E-state index in [2.05, 4.69) is 6.58 Å². The van der Waals surface area contributed by atoms with Crippen LogP contribution >= 0.6 is 0 Å². The molecule has 0 aliphatic carbocycles. The van der Waals surface area contributed by atoms with Gasteiger partial charge in [0.1, 0.15) is 17.2 Å². The Morgan fingerprint density at radius 2 is 1.57 bits per heavy atom. The van der Waals surface area contributed by atoms with Gasteiger partial charge in [0, 0.05) is 0 Å². The first kappa shape index (κ1) is 19.2. The van der Waals surface area contributed by atoms with E-state index in [4.69, 9.17) is 14.2 Å². The predicted octanol–water partition coefficient (Wildman–Crippen LogP) is 5.58. The second-order valence-electron chi connectivity index (χ2n) is 6.36. The zero-order valence-electron chi connectivity index (χ0n) is 16.0. The van der Waals surface area contributed by atoms with E-state index in [1.165, 1.54) is 0 Å². The molecule has 0 unspecified atom stereocenters. The molecule has 0 amide bonds. The molecule has 0 saturated heterocycles. The molecule has 4 heteroatoms. The van der Waals surface area contributed by atoms with Crippen molar-refractivity contribution in [3.63, 3.8) is 0 Å². The number of aryl methyl sites for hydroxylation is 2. The Labute approximate surface area is 165 Å². The van der Waals surface area contributed by atoms with Crippen LogP contribution in [0.1, 0.15) is 27.0 Å². The largest absolute Gasteiger partial charge is 0.458 e. The van der Waals surface area contributed by atoms with Crippen molar-refractivity contribution in [3.8, 4) is 17.2 Å². The Balaban J connectivity index is 1.56. The Bertz CT molecular complexity index is 957. The summed E-state index contributed by atoms with van der Waals surface area (Å²) in [5.41, 5.74) is 3.48. The van der Waals surface area contributed by atoms with Gasteiger partial charge in [0.05, 0.1) is 5.56 Å². The Morgan fingerprint density at radius 1 is 0.893 bits per heavy atom. The van der Waals surface area contributed by atoms with Crippen molar-refractivity contribution in [3.05, 3.63) is 95.6 Å². The minimum absolute atomic E-state index is 0.0801. The van der Waals surface area contributed by atoms with E-state index in [0.29, 0.717) is 22.8 Å². The van der Waals surface area contributed by atoms with Crippen LogP contribution in [0.3, 0.4) is 0 Å². The van der Waals surface area contributed by atoms with Gasteiger partial charge >= 0.3 is 5.97 Å². The summed E-state index contributed by atoms with van der Waals surface area (Å²) in [7, 11) is 0. The average molecular weight is 374 g/mol. The Hall–Kier alpha value is -3.53. The van der Waals surface area contributed by atoms with E-state index in [1.807, 2.05) is 50.2 Å². The normalized spacial score (nSPS) is 10.2. The molecule has 0 N–H and O–H groups in total. The quantitative estimate of drug-likeness (QED) is 0.308. The third-order valence-corrected chi connectivity index (χ3v) is 4.20.